The molecule has 0 aliphatic carbocycles. The van der Waals surface area contributed by atoms with Gasteiger partial charge in [-0.3, -0.25) is 0 Å². The van der Waals surface area contributed by atoms with Gasteiger partial charge in [-0.2, -0.15) is 0 Å². The van der Waals surface area contributed by atoms with Crippen LogP contribution in [-0.4, -0.2) is 39.6 Å². The minimum absolute atomic E-state index is 0.0387. The van der Waals surface area contributed by atoms with Gasteiger partial charge < -0.3 is 19.9 Å². The lowest BCUT2D eigenvalue weighted by Gasteiger charge is -2.15. The lowest BCUT2D eigenvalue weighted by atomic mass is 10.1. The van der Waals surface area contributed by atoms with Crippen molar-refractivity contribution >= 4 is 0 Å². The zero-order chi connectivity index (χ0) is 13.2. The summed E-state index contributed by atoms with van der Waals surface area (Å²) in [5.41, 5.74) is 6.82. The maximum atomic E-state index is 5.63. The fraction of sp³-hybridized carbons (Fsp3) is 0.571. The van der Waals surface area contributed by atoms with E-state index in [1.54, 1.807) is 7.11 Å². The number of methoxy groups -OCH3 is 1. The van der Waals surface area contributed by atoms with Gasteiger partial charge in [0.25, 0.3) is 0 Å². The summed E-state index contributed by atoms with van der Waals surface area (Å²) in [5, 5.41) is 0. The summed E-state index contributed by atoms with van der Waals surface area (Å²) in [5.74, 6) is 0.842. The molecule has 0 spiro atoms. The van der Waals surface area contributed by atoms with Crippen LogP contribution in [0.25, 0.3) is 0 Å². The fourth-order valence-electron chi connectivity index (χ4n) is 1.58. The average molecular weight is 253 g/mol. The first kappa shape index (κ1) is 15.0. The molecule has 0 aromatic heterocycles. The maximum absolute atomic E-state index is 5.63. The predicted molar refractivity (Wildman–Crippen MR) is 72.0 cm³/mol. The van der Waals surface area contributed by atoms with Crippen LogP contribution < -0.4 is 10.5 Å². The molecule has 0 saturated carbocycles. The number of hydrogen-bond acceptors (Lipinski definition) is 4. The highest BCUT2D eigenvalue weighted by Gasteiger charge is 2.06. The van der Waals surface area contributed by atoms with Crippen molar-refractivity contribution in [1.29, 1.82) is 0 Å². The van der Waals surface area contributed by atoms with Crippen LogP contribution in [0.2, 0.25) is 0 Å². The fourth-order valence-corrected chi connectivity index (χ4v) is 1.58. The van der Waals surface area contributed by atoms with Gasteiger partial charge in [0.05, 0.1) is 6.61 Å². The molecule has 0 radical (unpaired) electrons. The number of benzene rings is 1. The van der Waals surface area contributed by atoms with E-state index in [2.05, 4.69) is 0 Å². The Balaban J connectivity index is 2.38. The first-order valence-electron chi connectivity index (χ1n) is 6.32. The second-order valence-electron chi connectivity index (χ2n) is 4.01. The van der Waals surface area contributed by atoms with Crippen LogP contribution in [0.3, 0.4) is 0 Å². The summed E-state index contributed by atoms with van der Waals surface area (Å²) < 4.78 is 16.1. The molecule has 4 heteroatoms. The van der Waals surface area contributed by atoms with Gasteiger partial charge in [0.2, 0.25) is 0 Å². The standard InChI is InChI=1S/C14H23NO3/c1-3-17-14(10-15)11-18-13-6-4-12(5-7-13)8-9-16-2/h4-7,14H,3,8-11,15H2,1-2H3. The Morgan fingerprint density at radius 2 is 1.94 bits per heavy atom. The van der Waals surface area contributed by atoms with Crippen molar-refractivity contribution in [3.05, 3.63) is 29.8 Å². The summed E-state index contributed by atoms with van der Waals surface area (Å²) in [4.78, 5) is 0. The molecule has 2 N–H and O–H groups in total. The topological polar surface area (TPSA) is 53.7 Å². The molecule has 0 amide bonds. The van der Waals surface area contributed by atoms with E-state index >= 15 is 0 Å². The Labute approximate surface area is 109 Å². The molecule has 0 aliphatic rings. The first-order valence-corrected chi connectivity index (χ1v) is 6.32. The lowest BCUT2D eigenvalue weighted by molar-refractivity contribution is 0.0337. The molecule has 1 aromatic carbocycles. The van der Waals surface area contributed by atoms with Crippen LogP contribution in [0, 0.1) is 0 Å². The van der Waals surface area contributed by atoms with Crippen LogP contribution in [0.1, 0.15) is 12.5 Å². The van der Waals surface area contributed by atoms with Crippen molar-refractivity contribution in [2.75, 3.05) is 33.5 Å². The molecule has 0 aliphatic heterocycles. The van der Waals surface area contributed by atoms with Crippen LogP contribution >= 0.6 is 0 Å². The normalized spacial score (nSPS) is 12.4. The van der Waals surface area contributed by atoms with Crippen molar-refractivity contribution in [3.63, 3.8) is 0 Å². The van der Waals surface area contributed by atoms with Gasteiger partial charge in [-0.15, -0.1) is 0 Å². The van der Waals surface area contributed by atoms with Gasteiger partial charge in [-0.25, -0.2) is 0 Å². The summed E-state index contributed by atoms with van der Waals surface area (Å²) in [6, 6.07) is 8.02. The van der Waals surface area contributed by atoms with Crippen molar-refractivity contribution < 1.29 is 14.2 Å². The zero-order valence-electron chi connectivity index (χ0n) is 11.2. The summed E-state index contributed by atoms with van der Waals surface area (Å²) in [6.07, 6.45) is 0.879. The maximum Gasteiger partial charge on any atom is 0.119 e. The van der Waals surface area contributed by atoms with E-state index in [0.29, 0.717) is 19.8 Å². The Bertz CT molecular complexity index is 313. The number of ether oxygens (including phenoxy) is 3. The molecular weight excluding hydrogens is 230 g/mol. The van der Waals surface area contributed by atoms with Gasteiger partial charge >= 0.3 is 0 Å². The first-order chi connectivity index (χ1) is 8.80. The molecule has 4 nitrogen and oxygen atoms in total. The average Bonchev–Trinajstić information content (AvgIpc) is 2.42. The van der Waals surface area contributed by atoms with Crippen molar-refractivity contribution in [3.8, 4) is 5.75 Å². The van der Waals surface area contributed by atoms with Crippen LogP contribution in [-0.2, 0) is 15.9 Å². The number of rotatable bonds is 9. The molecule has 102 valence electrons. The third-order valence-corrected chi connectivity index (χ3v) is 2.62. The van der Waals surface area contributed by atoms with E-state index in [1.807, 2.05) is 31.2 Å². The highest BCUT2D eigenvalue weighted by Crippen LogP contribution is 2.13. The van der Waals surface area contributed by atoms with E-state index in [9.17, 15) is 0 Å². The van der Waals surface area contributed by atoms with E-state index in [-0.39, 0.29) is 6.10 Å². The van der Waals surface area contributed by atoms with E-state index in [1.165, 1.54) is 5.56 Å². The van der Waals surface area contributed by atoms with Crippen LogP contribution in [0.5, 0.6) is 5.75 Å². The van der Waals surface area contributed by atoms with Crippen LogP contribution in [0.15, 0.2) is 24.3 Å². The summed E-state index contributed by atoms with van der Waals surface area (Å²) >= 11 is 0. The molecule has 1 rings (SSSR count). The summed E-state index contributed by atoms with van der Waals surface area (Å²) in [6.45, 7) is 4.30. The predicted octanol–water partition coefficient (Wildman–Crippen LogP) is 1.62. The Morgan fingerprint density at radius 3 is 2.50 bits per heavy atom. The molecule has 1 aromatic rings. The van der Waals surface area contributed by atoms with Gasteiger partial charge in [0.1, 0.15) is 18.5 Å². The van der Waals surface area contributed by atoms with Gasteiger partial charge in [-0.05, 0) is 31.0 Å². The Hall–Kier alpha value is -1.10. The molecule has 18 heavy (non-hydrogen) atoms. The molecule has 0 bridgehead atoms. The van der Waals surface area contributed by atoms with E-state index in [4.69, 9.17) is 19.9 Å². The van der Waals surface area contributed by atoms with Gasteiger partial charge in [-0.1, -0.05) is 12.1 Å². The van der Waals surface area contributed by atoms with Crippen molar-refractivity contribution in [2.45, 2.75) is 19.4 Å². The quantitative estimate of drug-likeness (QED) is 0.726. The molecule has 0 saturated heterocycles. The van der Waals surface area contributed by atoms with Crippen LogP contribution in [0.4, 0.5) is 0 Å². The smallest absolute Gasteiger partial charge is 0.119 e. The van der Waals surface area contributed by atoms with E-state index in [0.717, 1.165) is 18.8 Å². The largest absolute Gasteiger partial charge is 0.491 e. The minimum atomic E-state index is -0.0387. The second-order valence-corrected chi connectivity index (χ2v) is 4.01. The zero-order valence-corrected chi connectivity index (χ0v) is 11.2. The van der Waals surface area contributed by atoms with Gasteiger partial charge in [0, 0.05) is 20.3 Å². The van der Waals surface area contributed by atoms with Crippen molar-refractivity contribution in [1.82, 2.24) is 0 Å². The molecule has 1 atom stereocenters. The van der Waals surface area contributed by atoms with E-state index < -0.39 is 0 Å². The van der Waals surface area contributed by atoms with Gasteiger partial charge in [0.15, 0.2) is 0 Å². The third kappa shape index (κ3) is 5.49. The monoisotopic (exact) mass is 253 g/mol. The molecular formula is C14H23NO3. The highest BCUT2D eigenvalue weighted by atomic mass is 16.5. The lowest BCUT2D eigenvalue weighted by Crippen LogP contribution is -2.30. The number of nitrogens with two attached hydrogens (primary N) is 1. The molecule has 1 unspecified atom stereocenters. The van der Waals surface area contributed by atoms with Crippen molar-refractivity contribution in [2.24, 2.45) is 5.73 Å². The summed E-state index contributed by atoms with van der Waals surface area (Å²) in [7, 11) is 1.71. The molecule has 0 fully saturated rings. The molecule has 0 heterocycles. The third-order valence-electron chi connectivity index (χ3n) is 2.62. The minimum Gasteiger partial charge on any atom is -0.491 e. The Morgan fingerprint density at radius 1 is 1.22 bits per heavy atom. The number of hydrogen-bond donors (Lipinski definition) is 1. The Kier molecular flexibility index (Phi) is 7.41. The highest BCUT2D eigenvalue weighted by molar-refractivity contribution is 5.27. The second kappa shape index (κ2) is 8.91. The SMILES string of the molecule is CCOC(CN)COc1ccc(CCOC)cc1.